The van der Waals surface area contributed by atoms with Crippen LogP contribution in [-0.4, -0.2) is 4.57 Å². The second-order valence-electron chi connectivity index (χ2n) is 14.5. The van der Waals surface area contributed by atoms with Crippen molar-refractivity contribution in [2.24, 2.45) is 0 Å². The van der Waals surface area contributed by atoms with Gasteiger partial charge in [0.1, 0.15) is 0 Å². The van der Waals surface area contributed by atoms with E-state index in [2.05, 4.69) is 198 Å². The normalized spacial score (nSPS) is 14.0. The number of fused-ring (bicyclic) bond motifs is 9. The largest absolute Gasteiger partial charge is 0.310 e. The maximum absolute atomic E-state index is 4.16. The molecule has 0 spiro atoms. The van der Waals surface area contributed by atoms with E-state index in [9.17, 15) is 0 Å². The summed E-state index contributed by atoms with van der Waals surface area (Å²) in [6.45, 7) is 24.2. The zero-order valence-electron chi connectivity index (χ0n) is 40.2. The lowest BCUT2D eigenvalue weighted by Gasteiger charge is -2.27. The van der Waals surface area contributed by atoms with Crippen molar-refractivity contribution in [1.29, 1.82) is 0 Å². The average Bonchev–Trinajstić information content (AvgIpc) is 3.92. The molecule has 1 aromatic heterocycles. The molecule has 3 aliphatic rings. The maximum Gasteiger partial charge on any atom is 0.0547 e. The first kappa shape index (κ1) is 48.4. The van der Waals surface area contributed by atoms with Gasteiger partial charge in [-0.2, -0.15) is 0 Å². The average molecular weight is 843 g/mol. The van der Waals surface area contributed by atoms with Gasteiger partial charge in [-0.3, -0.25) is 0 Å². The van der Waals surface area contributed by atoms with E-state index < -0.39 is 0 Å². The van der Waals surface area contributed by atoms with E-state index in [0.717, 1.165) is 42.0 Å². The van der Waals surface area contributed by atoms with Gasteiger partial charge in [-0.05, 0) is 125 Å². The molecule has 7 aromatic rings. The summed E-state index contributed by atoms with van der Waals surface area (Å²) in [7, 11) is 0. The van der Waals surface area contributed by atoms with Gasteiger partial charge in [0, 0.05) is 39.4 Å². The zero-order chi connectivity index (χ0) is 46.0. The molecule has 0 aliphatic heterocycles. The molecule has 6 aromatic carbocycles. The Morgan fingerprint density at radius 3 is 2.05 bits per heavy atom. The third-order valence-corrected chi connectivity index (χ3v) is 11.3. The Kier molecular flexibility index (Phi) is 18.4. The molecule has 1 atom stereocenters. The maximum atomic E-state index is 4.16. The van der Waals surface area contributed by atoms with Crippen molar-refractivity contribution in [2.45, 2.75) is 94.4 Å². The van der Waals surface area contributed by atoms with Crippen LogP contribution < -0.4 is 4.90 Å². The number of aromatic nitrogens is 1. The van der Waals surface area contributed by atoms with Crippen LogP contribution in [0.5, 0.6) is 0 Å². The number of nitrogens with zero attached hydrogens (tertiary/aromatic N) is 2. The molecule has 0 N–H and O–H groups in total. The number of anilines is 2. The number of hydrogen-bond donors (Lipinski definition) is 0. The molecule has 2 heteroatoms. The third-order valence-electron chi connectivity index (χ3n) is 11.3. The lowest BCUT2D eigenvalue weighted by atomic mass is 9.81. The van der Waals surface area contributed by atoms with E-state index in [1.54, 1.807) is 0 Å². The fraction of sp³-hybridized carbons (Fsp3) is 0.226. The minimum atomic E-state index is 0.236. The standard InChI is InChI=1S/C52H40N2.5C2H6/c1-2-14-42(23-13-17-36-15-5-3-6-16-36)53(44-28-27-37-18-9-10-19-38(37)32-44)45-29-30-50-48(34-45)49-35-47-40(33-51(49)54(50)43-21-7-4-8-22-43)25-26-41-31-39-20-11-12-24-46(39)52(41)47;5*1-2/h2-5,7-15,18-35,52H,1,6,16-17H2;5*1-2H3/b23-13-,42-14+;;;;;. The van der Waals surface area contributed by atoms with Gasteiger partial charge in [-0.15, -0.1) is 0 Å². The highest BCUT2D eigenvalue weighted by molar-refractivity contribution is 6.12. The molecule has 10 rings (SSSR count). The first-order valence-corrected chi connectivity index (χ1v) is 24.0. The van der Waals surface area contributed by atoms with Crippen LogP contribution in [-0.2, 0) is 0 Å². The summed E-state index contributed by atoms with van der Waals surface area (Å²) in [6, 6.07) is 46.9. The first-order chi connectivity index (χ1) is 31.7. The van der Waals surface area contributed by atoms with Crippen molar-refractivity contribution in [2.75, 3.05) is 4.90 Å². The molecular formula is C62H70N2. The second kappa shape index (κ2) is 24.3. The third kappa shape index (κ3) is 10.1. The van der Waals surface area contributed by atoms with Crippen LogP contribution in [0.4, 0.5) is 11.4 Å². The topological polar surface area (TPSA) is 8.17 Å². The second-order valence-corrected chi connectivity index (χ2v) is 14.5. The number of allylic oxidation sites excluding steroid dienone is 10. The highest BCUT2D eigenvalue weighted by Crippen LogP contribution is 2.48. The van der Waals surface area contributed by atoms with Crippen LogP contribution in [0.25, 0.3) is 50.4 Å². The fourth-order valence-corrected chi connectivity index (χ4v) is 8.74. The summed E-state index contributed by atoms with van der Waals surface area (Å²) in [6.07, 6.45) is 25.4. The molecule has 2 nitrogen and oxygen atoms in total. The van der Waals surface area contributed by atoms with Gasteiger partial charge < -0.3 is 9.47 Å². The molecule has 0 fully saturated rings. The molecule has 1 heterocycles. The number of hydrogen-bond acceptors (Lipinski definition) is 1. The lowest BCUT2D eigenvalue weighted by molar-refractivity contribution is 0.924. The Balaban J connectivity index is 0.000000723. The highest BCUT2D eigenvalue weighted by Gasteiger charge is 2.30. The van der Waals surface area contributed by atoms with E-state index in [4.69, 9.17) is 0 Å². The molecule has 64 heavy (non-hydrogen) atoms. The lowest BCUT2D eigenvalue weighted by Crippen LogP contribution is -2.15. The monoisotopic (exact) mass is 843 g/mol. The van der Waals surface area contributed by atoms with Crippen molar-refractivity contribution in [3.63, 3.8) is 0 Å². The van der Waals surface area contributed by atoms with Crippen LogP contribution in [0.1, 0.15) is 117 Å². The van der Waals surface area contributed by atoms with Crippen molar-refractivity contribution in [3.05, 3.63) is 222 Å². The molecule has 0 saturated heterocycles. The van der Waals surface area contributed by atoms with E-state index in [1.807, 2.05) is 75.3 Å². The van der Waals surface area contributed by atoms with Crippen molar-refractivity contribution in [1.82, 2.24) is 4.57 Å². The van der Waals surface area contributed by atoms with Crippen molar-refractivity contribution >= 4 is 56.1 Å². The molecule has 1 unspecified atom stereocenters. The molecule has 0 radical (unpaired) electrons. The Bertz CT molecular complexity index is 2820. The van der Waals surface area contributed by atoms with Gasteiger partial charge in [-0.25, -0.2) is 0 Å². The van der Waals surface area contributed by atoms with Gasteiger partial charge >= 0.3 is 0 Å². The van der Waals surface area contributed by atoms with Gasteiger partial charge in [0.2, 0.25) is 0 Å². The molecule has 0 bridgehead atoms. The van der Waals surface area contributed by atoms with Crippen molar-refractivity contribution < 1.29 is 0 Å². The summed E-state index contributed by atoms with van der Waals surface area (Å²) in [4.78, 5) is 2.39. The summed E-state index contributed by atoms with van der Waals surface area (Å²) >= 11 is 0. The van der Waals surface area contributed by atoms with Crippen LogP contribution in [0.2, 0.25) is 0 Å². The molecule has 0 amide bonds. The molecule has 328 valence electrons. The summed E-state index contributed by atoms with van der Waals surface area (Å²) in [5.41, 5.74) is 15.0. The smallest absolute Gasteiger partial charge is 0.0547 e. The van der Waals surface area contributed by atoms with Gasteiger partial charge in [-0.1, -0.05) is 203 Å². The Morgan fingerprint density at radius 2 is 1.31 bits per heavy atom. The summed E-state index contributed by atoms with van der Waals surface area (Å²) in [5.74, 6) is 0.236. The Labute approximate surface area is 385 Å². The molecular weight excluding hydrogens is 773 g/mol. The predicted molar refractivity (Wildman–Crippen MR) is 287 cm³/mol. The zero-order valence-corrected chi connectivity index (χ0v) is 40.2. The van der Waals surface area contributed by atoms with Gasteiger partial charge in [0.25, 0.3) is 0 Å². The van der Waals surface area contributed by atoms with E-state index in [1.165, 1.54) is 66.0 Å². The first-order valence-electron chi connectivity index (χ1n) is 24.0. The van der Waals surface area contributed by atoms with E-state index in [0.29, 0.717) is 0 Å². The van der Waals surface area contributed by atoms with Crippen LogP contribution >= 0.6 is 0 Å². The van der Waals surface area contributed by atoms with E-state index >= 15 is 0 Å². The fourth-order valence-electron chi connectivity index (χ4n) is 8.74. The minimum Gasteiger partial charge on any atom is -0.310 e. The molecule has 0 saturated carbocycles. The Hall–Kier alpha value is -6.64. The molecule has 3 aliphatic carbocycles. The minimum absolute atomic E-state index is 0.236. The Morgan fingerprint density at radius 1 is 0.641 bits per heavy atom. The van der Waals surface area contributed by atoms with Crippen LogP contribution in [0.15, 0.2) is 199 Å². The summed E-state index contributed by atoms with van der Waals surface area (Å²) < 4.78 is 2.43. The van der Waals surface area contributed by atoms with Crippen LogP contribution in [0.3, 0.4) is 0 Å². The van der Waals surface area contributed by atoms with Crippen molar-refractivity contribution in [3.8, 4) is 5.69 Å². The van der Waals surface area contributed by atoms with E-state index in [-0.39, 0.29) is 5.92 Å². The highest BCUT2D eigenvalue weighted by atomic mass is 15.1. The predicted octanol–water partition coefficient (Wildman–Crippen LogP) is 19.1. The van der Waals surface area contributed by atoms with Gasteiger partial charge in [0.15, 0.2) is 0 Å². The number of para-hydroxylation sites is 1. The SMILES string of the molecule is C=C/C=C(\C=C/CC1=CC=CCC1)N(c1ccc2ccccc2c1)c1ccc2c(c1)c1cc3c(cc1n2-c1ccccc1)C=CC1=Cc2ccccc2C13.CC.CC.CC.CC.CC. The quantitative estimate of drug-likeness (QED) is 0.138. The van der Waals surface area contributed by atoms with Gasteiger partial charge in [0.05, 0.1) is 11.0 Å². The number of benzene rings is 6. The van der Waals surface area contributed by atoms with Crippen LogP contribution in [0, 0.1) is 0 Å². The summed E-state index contributed by atoms with van der Waals surface area (Å²) in [5, 5.41) is 4.93. The number of rotatable bonds is 8.